The van der Waals surface area contributed by atoms with Gasteiger partial charge in [-0.2, -0.15) is 0 Å². The highest BCUT2D eigenvalue weighted by Gasteiger charge is 2.13. The van der Waals surface area contributed by atoms with Crippen LogP contribution in [0.15, 0.2) is 12.7 Å². The van der Waals surface area contributed by atoms with E-state index in [-0.39, 0.29) is 24.6 Å². The summed E-state index contributed by atoms with van der Waals surface area (Å²) in [4.78, 5) is 21.8. The maximum absolute atomic E-state index is 11.1. The van der Waals surface area contributed by atoms with E-state index in [0.29, 0.717) is 0 Å². The van der Waals surface area contributed by atoms with E-state index < -0.39 is 6.09 Å². The number of rotatable bonds is 4. The zero-order valence-electron chi connectivity index (χ0n) is 9.42. The van der Waals surface area contributed by atoms with Gasteiger partial charge in [-0.1, -0.05) is 6.58 Å². The van der Waals surface area contributed by atoms with Crippen molar-refractivity contribution in [1.29, 1.82) is 0 Å². The average molecular weight is 214 g/mol. The van der Waals surface area contributed by atoms with E-state index in [2.05, 4.69) is 17.2 Å². The summed E-state index contributed by atoms with van der Waals surface area (Å²) in [5.74, 6) is -0.283. The van der Waals surface area contributed by atoms with Gasteiger partial charge in [0.15, 0.2) is 0 Å². The molecule has 0 fully saturated rings. The maximum atomic E-state index is 11.1. The smallest absolute Gasteiger partial charge is 0.407 e. The molecule has 0 radical (unpaired) electrons. The number of alkyl carbamates (subject to hydrolysis) is 1. The molecule has 0 spiro atoms. The molecule has 0 aliphatic heterocycles. The highest BCUT2D eigenvalue weighted by atomic mass is 16.5. The first-order chi connectivity index (χ1) is 6.85. The summed E-state index contributed by atoms with van der Waals surface area (Å²) in [6.45, 7) is 9.28. The van der Waals surface area contributed by atoms with Crippen LogP contribution in [0.25, 0.3) is 0 Å². The van der Waals surface area contributed by atoms with Gasteiger partial charge >= 0.3 is 6.09 Å². The van der Waals surface area contributed by atoms with Gasteiger partial charge in [0.25, 0.3) is 0 Å². The van der Waals surface area contributed by atoms with Gasteiger partial charge in [-0.3, -0.25) is 4.79 Å². The van der Waals surface area contributed by atoms with Crippen LogP contribution < -0.4 is 10.6 Å². The van der Waals surface area contributed by atoms with Gasteiger partial charge in [0.05, 0.1) is 6.54 Å². The average Bonchev–Trinajstić information content (AvgIpc) is 2.09. The molecule has 0 saturated heterocycles. The lowest BCUT2D eigenvalue weighted by molar-refractivity contribution is -0.116. The molecule has 2 amide bonds. The Labute approximate surface area is 89.9 Å². The molecule has 0 saturated carbocycles. The van der Waals surface area contributed by atoms with Crippen molar-refractivity contribution in [2.24, 2.45) is 0 Å². The lowest BCUT2D eigenvalue weighted by atomic mass is 10.1. The molecule has 5 heteroatoms. The van der Waals surface area contributed by atoms with Crippen molar-refractivity contribution >= 4 is 12.0 Å². The molecule has 0 aliphatic rings. The molecule has 5 nitrogen and oxygen atoms in total. The Morgan fingerprint density at radius 1 is 1.40 bits per heavy atom. The third-order valence-electron chi connectivity index (χ3n) is 1.30. The molecule has 15 heavy (non-hydrogen) atoms. The van der Waals surface area contributed by atoms with Crippen molar-refractivity contribution in [2.45, 2.75) is 26.3 Å². The molecule has 0 rings (SSSR count). The molecule has 0 bridgehead atoms. The number of ether oxygens (including phenoxy) is 1. The Bertz CT molecular complexity index is 244. The Balaban J connectivity index is 3.56. The van der Waals surface area contributed by atoms with Gasteiger partial charge in [-0.25, -0.2) is 4.79 Å². The van der Waals surface area contributed by atoms with Crippen molar-refractivity contribution in [3.8, 4) is 0 Å². The highest BCUT2D eigenvalue weighted by molar-refractivity contribution is 5.86. The van der Waals surface area contributed by atoms with Crippen LogP contribution in [0.2, 0.25) is 0 Å². The van der Waals surface area contributed by atoms with E-state index in [4.69, 9.17) is 4.74 Å². The second-order valence-corrected chi connectivity index (χ2v) is 4.01. The van der Waals surface area contributed by atoms with Gasteiger partial charge in [0.1, 0.15) is 6.61 Å². The first kappa shape index (κ1) is 13.5. The first-order valence-corrected chi connectivity index (χ1v) is 4.70. The van der Waals surface area contributed by atoms with Crippen molar-refractivity contribution in [2.75, 3.05) is 13.2 Å². The molecular weight excluding hydrogens is 196 g/mol. The number of carbonyl (C=O) groups excluding carboxylic acids is 2. The van der Waals surface area contributed by atoms with Crippen molar-refractivity contribution in [1.82, 2.24) is 10.6 Å². The first-order valence-electron chi connectivity index (χ1n) is 4.70. The van der Waals surface area contributed by atoms with Gasteiger partial charge in [-0.15, -0.1) is 0 Å². The predicted molar refractivity (Wildman–Crippen MR) is 57.4 cm³/mol. The molecule has 0 unspecified atom stereocenters. The number of carbonyl (C=O) groups is 2. The summed E-state index contributed by atoms with van der Waals surface area (Å²) in [5.41, 5.74) is -0.318. The monoisotopic (exact) mass is 214 g/mol. The van der Waals surface area contributed by atoms with Gasteiger partial charge in [-0.05, 0) is 26.8 Å². The Morgan fingerprint density at radius 2 is 2.00 bits per heavy atom. The minimum atomic E-state index is -0.490. The van der Waals surface area contributed by atoms with Crippen molar-refractivity contribution in [3.63, 3.8) is 0 Å². The molecule has 0 heterocycles. The minimum absolute atomic E-state index is 0.140. The molecule has 0 aromatic heterocycles. The third-order valence-corrected chi connectivity index (χ3v) is 1.30. The molecule has 0 atom stereocenters. The summed E-state index contributed by atoms with van der Waals surface area (Å²) in [5, 5.41) is 5.12. The normalized spacial score (nSPS) is 10.3. The number of hydrogen-bond donors (Lipinski definition) is 2. The summed E-state index contributed by atoms with van der Waals surface area (Å²) >= 11 is 0. The Hall–Kier alpha value is -1.52. The quantitative estimate of drug-likeness (QED) is 0.537. The van der Waals surface area contributed by atoms with Gasteiger partial charge in [0, 0.05) is 5.54 Å². The fourth-order valence-corrected chi connectivity index (χ4v) is 0.732. The van der Waals surface area contributed by atoms with Crippen molar-refractivity contribution < 1.29 is 14.3 Å². The summed E-state index contributed by atoms with van der Waals surface area (Å²) in [6.07, 6.45) is 0.672. The zero-order chi connectivity index (χ0) is 11.9. The lowest BCUT2D eigenvalue weighted by Crippen LogP contribution is -2.41. The van der Waals surface area contributed by atoms with Crippen LogP contribution in [0, 0.1) is 0 Å². The second-order valence-electron chi connectivity index (χ2n) is 4.01. The van der Waals surface area contributed by atoms with E-state index >= 15 is 0 Å². The van der Waals surface area contributed by atoms with Crippen LogP contribution in [-0.4, -0.2) is 30.7 Å². The van der Waals surface area contributed by atoms with E-state index in [1.807, 2.05) is 20.8 Å². The van der Waals surface area contributed by atoms with Gasteiger partial charge in [0.2, 0.25) is 5.91 Å². The molecule has 0 aliphatic carbocycles. The van der Waals surface area contributed by atoms with E-state index in [1.165, 1.54) is 0 Å². The molecular formula is C10H18N2O3. The van der Waals surface area contributed by atoms with Gasteiger partial charge < -0.3 is 15.4 Å². The van der Waals surface area contributed by atoms with E-state index in [1.54, 1.807) is 0 Å². The topological polar surface area (TPSA) is 67.4 Å². The van der Waals surface area contributed by atoms with Crippen LogP contribution in [0.5, 0.6) is 0 Å². The molecule has 2 N–H and O–H groups in total. The minimum Gasteiger partial charge on any atom is -0.448 e. The van der Waals surface area contributed by atoms with Crippen LogP contribution in [0.1, 0.15) is 20.8 Å². The number of nitrogens with one attached hydrogen (secondary N) is 2. The maximum Gasteiger partial charge on any atom is 0.407 e. The highest BCUT2D eigenvalue weighted by Crippen LogP contribution is 1.98. The third kappa shape index (κ3) is 8.80. The van der Waals surface area contributed by atoms with Crippen LogP contribution in [0.4, 0.5) is 4.79 Å². The van der Waals surface area contributed by atoms with E-state index in [0.717, 1.165) is 6.08 Å². The predicted octanol–water partition coefficient (Wildman–Crippen LogP) is 0.813. The molecule has 0 aromatic carbocycles. The summed E-state index contributed by atoms with van der Waals surface area (Å²) in [6, 6.07) is 0. The summed E-state index contributed by atoms with van der Waals surface area (Å²) in [7, 11) is 0. The lowest BCUT2D eigenvalue weighted by Gasteiger charge is -2.19. The Morgan fingerprint density at radius 3 is 2.47 bits per heavy atom. The fourth-order valence-electron chi connectivity index (χ4n) is 0.732. The van der Waals surface area contributed by atoms with Crippen molar-refractivity contribution in [3.05, 3.63) is 12.7 Å². The SMILES string of the molecule is C=CC(=O)NCCOC(=O)NC(C)(C)C. The molecule has 0 aromatic rings. The Kier molecular flexibility index (Phi) is 5.44. The van der Waals surface area contributed by atoms with Crippen LogP contribution in [-0.2, 0) is 9.53 Å². The number of hydrogen-bond acceptors (Lipinski definition) is 3. The summed E-state index contributed by atoms with van der Waals surface area (Å²) < 4.78 is 4.81. The zero-order valence-corrected chi connectivity index (χ0v) is 9.42. The number of amides is 2. The second kappa shape index (κ2) is 6.06. The van der Waals surface area contributed by atoms with Crippen LogP contribution in [0.3, 0.4) is 0 Å². The molecule has 86 valence electrons. The van der Waals surface area contributed by atoms with E-state index in [9.17, 15) is 9.59 Å². The largest absolute Gasteiger partial charge is 0.448 e. The standard InChI is InChI=1S/C10H18N2O3/c1-5-8(13)11-6-7-15-9(14)12-10(2,3)4/h5H,1,6-7H2,2-4H3,(H,11,13)(H,12,14). The van der Waals surface area contributed by atoms with Crippen LogP contribution >= 0.6 is 0 Å². The fraction of sp³-hybridized carbons (Fsp3) is 0.600.